The lowest BCUT2D eigenvalue weighted by Gasteiger charge is -2.38. The van der Waals surface area contributed by atoms with Crippen LogP contribution in [0.25, 0.3) is 0 Å². The van der Waals surface area contributed by atoms with Crippen molar-refractivity contribution in [2.24, 2.45) is 5.92 Å². The second kappa shape index (κ2) is 5.38. The molecule has 0 atom stereocenters. The topological polar surface area (TPSA) is 35.6 Å². The van der Waals surface area contributed by atoms with Crippen LogP contribution in [0.5, 0.6) is 0 Å². The van der Waals surface area contributed by atoms with Gasteiger partial charge in [0.25, 0.3) is 0 Å². The SMILES string of the molecule is O=C(C1CNC1)N1CCN(Cc2ccsc2)CC1. The Morgan fingerprint density at radius 2 is 2.11 bits per heavy atom. The molecule has 0 unspecified atom stereocenters. The molecule has 0 spiro atoms. The maximum Gasteiger partial charge on any atom is 0.228 e. The van der Waals surface area contributed by atoms with Crippen LogP contribution in [0.2, 0.25) is 0 Å². The summed E-state index contributed by atoms with van der Waals surface area (Å²) in [5, 5.41) is 7.49. The molecule has 0 bridgehead atoms. The molecular formula is C13H19N3OS. The molecule has 1 amide bonds. The summed E-state index contributed by atoms with van der Waals surface area (Å²) in [5.41, 5.74) is 1.39. The smallest absolute Gasteiger partial charge is 0.228 e. The zero-order valence-electron chi connectivity index (χ0n) is 10.5. The van der Waals surface area contributed by atoms with Crippen LogP contribution in [0.4, 0.5) is 0 Å². The van der Waals surface area contributed by atoms with Crippen LogP contribution < -0.4 is 5.32 Å². The molecule has 3 rings (SSSR count). The van der Waals surface area contributed by atoms with Crippen LogP contribution >= 0.6 is 11.3 Å². The highest BCUT2D eigenvalue weighted by atomic mass is 32.1. The second-order valence-electron chi connectivity index (χ2n) is 5.09. The molecule has 98 valence electrons. The standard InChI is InChI=1S/C13H19N3OS/c17-13(12-7-14-8-12)16-4-2-15(3-5-16)9-11-1-6-18-10-11/h1,6,10,12,14H,2-5,7-9H2. The summed E-state index contributed by atoms with van der Waals surface area (Å²) >= 11 is 1.75. The number of hydrogen-bond acceptors (Lipinski definition) is 4. The Balaban J connectivity index is 1.47. The molecule has 2 aliphatic heterocycles. The van der Waals surface area contributed by atoms with Crippen molar-refractivity contribution < 1.29 is 4.79 Å². The van der Waals surface area contributed by atoms with E-state index in [4.69, 9.17) is 0 Å². The zero-order valence-corrected chi connectivity index (χ0v) is 11.3. The zero-order chi connectivity index (χ0) is 12.4. The van der Waals surface area contributed by atoms with Crippen LogP contribution in [-0.2, 0) is 11.3 Å². The van der Waals surface area contributed by atoms with Gasteiger partial charge in [-0.3, -0.25) is 9.69 Å². The van der Waals surface area contributed by atoms with Crippen LogP contribution in [0.15, 0.2) is 16.8 Å². The minimum atomic E-state index is 0.244. The van der Waals surface area contributed by atoms with E-state index in [1.165, 1.54) is 5.56 Å². The number of carbonyl (C=O) groups excluding carboxylic acids is 1. The molecular weight excluding hydrogens is 246 g/mol. The van der Waals surface area contributed by atoms with E-state index >= 15 is 0 Å². The van der Waals surface area contributed by atoms with Gasteiger partial charge in [-0.05, 0) is 22.4 Å². The Bertz CT molecular complexity index is 394. The van der Waals surface area contributed by atoms with Crippen LogP contribution in [0.1, 0.15) is 5.56 Å². The predicted molar refractivity (Wildman–Crippen MR) is 72.5 cm³/mol. The Labute approximate surface area is 112 Å². The number of piperazine rings is 1. The van der Waals surface area contributed by atoms with Gasteiger partial charge >= 0.3 is 0 Å². The van der Waals surface area contributed by atoms with Gasteiger partial charge in [0.15, 0.2) is 0 Å². The molecule has 0 radical (unpaired) electrons. The number of rotatable bonds is 3. The quantitative estimate of drug-likeness (QED) is 0.870. The van der Waals surface area contributed by atoms with Gasteiger partial charge in [-0.2, -0.15) is 11.3 Å². The molecule has 4 nitrogen and oxygen atoms in total. The van der Waals surface area contributed by atoms with Gasteiger partial charge in [-0.15, -0.1) is 0 Å². The molecule has 0 aromatic carbocycles. The lowest BCUT2D eigenvalue weighted by molar-refractivity contribution is -0.138. The minimum Gasteiger partial charge on any atom is -0.340 e. The van der Waals surface area contributed by atoms with Crippen molar-refractivity contribution in [3.8, 4) is 0 Å². The van der Waals surface area contributed by atoms with E-state index in [2.05, 4.69) is 27.0 Å². The maximum atomic E-state index is 12.1. The van der Waals surface area contributed by atoms with Gasteiger partial charge < -0.3 is 10.2 Å². The van der Waals surface area contributed by atoms with E-state index in [0.29, 0.717) is 5.91 Å². The Morgan fingerprint density at radius 1 is 1.33 bits per heavy atom. The van der Waals surface area contributed by atoms with E-state index in [1.807, 2.05) is 4.90 Å². The summed E-state index contributed by atoms with van der Waals surface area (Å²) < 4.78 is 0. The Kier molecular flexibility index (Phi) is 3.63. The van der Waals surface area contributed by atoms with Crippen molar-refractivity contribution in [1.82, 2.24) is 15.1 Å². The molecule has 1 aromatic heterocycles. The number of nitrogens with one attached hydrogen (secondary N) is 1. The summed E-state index contributed by atoms with van der Waals surface area (Å²) in [7, 11) is 0. The largest absolute Gasteiger partial charge is 0.340 e. The van der Waals surface area contributed by atoms with E-state index < -0.39 is 0 Å². The van der Waals surface area contributed by atoms with Crippen molar-refractivity contribution in [3.63, 3.8) is 0 Å². The highest BCUT2D eigenvalue weighted by Crippen LogP contribution is 2.14. The predicted octanol–water partition coefficient (Wildman–Crippen LogP) is 0.612. The first kappa shape index (κ1) is 12.1. The first-order valence-corrected chi connectivity index (χ1v) is 7.50. The summed E-state index contributed by atoms with van der Waals surface area (Å²) in [6.07, 6.45) is 0. The summed E-state index contributed by atoms with van der Waals surface area (Å²) in [5.74, 6) is 0.595. The molecule has 2 aliphatic rings. The van der Waals surface area contributed by atoms with Crippen molar-refractivity contribution in [1.29, 1.82) is 0 Å². The number of hydrogen-bond donors (Lipinski definition) is 1. The molecule has 1 N–H and O–H groups in total. The lowest BCUT2D eigenvalue weighted by Crippen LogP contribution is -2.56. The summed E-state index contributed by atoms with van der Waals surface area (Å²) in [6.45, 7) is 6.54. The fraction of sp³-hybridized carbons (Fsp3) is 0.615. The summed E-state index contributed by atoms with van der Waals surface area (Å²) in [6, 6.07) is 2.18. The van der Waals surface area contributed by atoms with E-state index in [9.17, 15) is 4.79 Å². The number of carbonyl (C=O) groups is 1. The van der Waals surface area contributed by atoms with Gasteiger partial charge in [0.05, 0.1) is 5.92 Å². The lowest BCUT2D eigenvalue weighted by atomic mass is 10.0. The average Bonchev–Trinajstić information content (AvgIpc) is 2.80. The van der Waals surface area contributed by atoms with Gasteiger partial charge in [-0.1, -0.05) is 0 Å². The minimum absolute atomic E-state index is 0.244. The second-order valence-corrected chi connectivity index (χ2v) is 5.87. The van der Waals surface area contributed by atoms with Crippen molar-refractivity contribution in [3.05, 3.63) is 22.4 Å². The Hall–Kier alpha value is -0.910. The third-order valence-corrected chi connectivity index (χ3v) is 4.53. The van der Waals surface area contributed by atoms with E-state index in [0.717, 1.165) is 45.8 Å². The summed E-state index contributed by atoms with van der Waals surface area (Å²) in [4.78, 5) is 16.5. The third kappa shape index (κ3) is 2.58. The van der Waals surface area contributed by atoms with E-state index in [-0.39, 0.29) is 5.92 Å². The Morgan fingerprint density at radius 3 is 2.67 bits per heavy atom. The fourth-order valence-electron chi connectivity index (χ4n) is 2.49. The van der Waals surface area contributed by atoms with Gasteiger partial charge in [0.2, 0.25) is 5.91 Å². The third-order valence-electron chi connectivity index (χ3n) is 3.80. The van der Waals surface area contributed by atoms with Crippen LogP contribution in [-0.4, -0.2) is 55.0 Å². The average molecular weight is 265 g/mol. The number of nitrogens with zero attached hydrogens (tertiary/aromatic N) is 2. The molecule has 2 saturated heterocycles. The first-order valence-electron chi connectivity index (χ1n) is 6.56. The van der Waals surface area contributed by atoms with Crippen LogP contribution in [0.3, 0.4) is 0 Å². The van der Waals surface area contributed by atoms with E-state index in [1.54, 1.807) is 11.3 Å². The molecule has 2 fully saturated rings. The van der Waals surface area contributed by atoms with Gasteiger partial charge in [0.1, 0.15) is 0 Å². The molecule has 0 aliphatic carbocycles. The number of thiophene rings is 1. The van der Waals surface area contributed by atoms with Crippen molar-refractivity contribution in [2.75, 3.05) is 39.3 Å². The molecule has 3 heterocycles. The number of amides is 1. The van der Waals surface area contributed by atoms with Crippen LogP contribution in [0, 0.1) is 5.92 Å². The molecule has 5 heteroatoms. The monoisotopic (exact) mass is 265 g/mol. The van der Waals surface area contributed by atoms with Crippen molar-refractivity contribution >= 4 is 17.2 Å². The maximum absolute atomic E-state index is 12.1. The fourth-order valence-corrected chi connectivity index (χ4v) is 3.15. The van der Waals surface area contributed by atoms with Gasteiger partial charge in [-0.25, -0.2) is 0 Å². The normalized spacial score (nSPS) is 21.9. The highest BCUT2D eigenvalue weighted by Gasteiger charge is 2.30. The highest BCUT2D eigenvalue weighted by molar-refractivity contribution is 7.07. The molecule has 18 heavy (non-hydrogen) atoms. The van der Waals surface area contributed by atoms with Crippen molar-refractivity contribution in [2.45, 2.75) is 6.54 Å². The first-order chi connectivity index (χ1) is 8.83. The van der Waals surface area contributed by atoms with Gasteiger partial charge in [0, 0.05) is 45.8 Å². The molecule has 0 saturated carbocycles. The molecule has 1 aromatic rings.